The predicted octanol–water partition coefficient (Wildman–Crippen LogP) is 8.98. The summed E-state index contributed by atoms with van der Waals surface area (Å²) in [6.07, 6.45) is 23.9. The van der Waals surface area contributed by atoms with Crippen molar-refractivity contribution in [2.45, 2.75) is 117 Å². The van der Waals surface area contributed by atoms with Crippen LogP contribution in [-0.2, 0) is 12.8 Å². The van der Waals surface area contributed by atoms with Gasteiger partial charge in [-0.25, -0.2) is 9.97 Å². The Kier molecular flexibility index (Phi) is 13.2. The molecule has 172 valence electrons. The first-order valence-electron chi connectivity index (χ1n) is 13.1. The van der Waals surface area contributed by atoms with E-state index in [1.165, 1.54) is 101 Å². The number of aryl methyl sites for hydroxylation is 2. The minimum Gasteiger partial charge on any atom is -0.236 e. The summed E-state index contributed by atoms with van der Waals surface area (Å²) in [6.45, 7) is 6.93. The molecule has 0 fully saturated rings. The Balaban J connectivity index is 1.65. The van der Waals surface area contributed by atoms with Crippen molar-refractivity contribution in [1.82, 2.24) is 9.97 Å². The monoisotopic (exact) mass is 422 g/mol. The van der Waals surface area contributed by atoms with Crippen molar-refractivity contribution in [2.24, 2.45) is 5.92 Å². The number of unbranched alkanes of at least 4 members (excludes halogenated alkanes) is 9. The number of aromatic nitrogens is 2. The quantitative estimate of drug-likeness (QED) is 0.238. The summed E-state index contributed by atoms with van der Waals surface area (Å²) in [5.41, 5.74) is 3.82. The summed E-state index contributed by atoms with van der Waals surface area (Å²) < 4.78 is 0. The smallest absolute Gasteiger partial charge is 0.159 e. The number of hydrogen-bond acceptors (Lipinski definition) is 2. The van der Waals surface area contributed by atoms with Gasteiger partial charge in [-0.15, -0.1) is 0 Å². The van der Waals surface area contributed by atoms with Crippen molar-refractivity contribution in [2.75, 3.05) is 0 Å². The van der Waals surface area contributed by atoms with E-state index in [1.54, 1.807) is 0 Å². The van der Waals surface area contributed by atoms with E-state index < -0.39 is 0 Å². The number of rotatable bonds is 17. The zero-order valence-corrected chi connectivity index (χ0v) is 20.5. The molecule has 0 bridgehead atoms. The van der Waals surface area contributed by atoms with Gasteiger partial charge in [-0.2, -0.15) is 0 Å². The molecule has 0 radical (unpaired) electrons. The molecular formula is C29H46N2. The third kappa shape index (κ3) is 10.9. The van der Waals surface area contributed by atoms with Gasteiger partial charge in [0.1, 0.15) is 0 Å². The van der Waals surface area contributed by atoms with E-state index in [-0.39, 0.29) is 0 Å². The summed E-state index contributed by atoms with van der Waals surface area (Å²) in [4.78, 5) is 9.26. The maximum Gasteiger partial charge on any atom is 0.159 e. The van der Waals surface area contributed by atoms with Crippen molar-refractivity contribution < 1.29 is 0 Å². The van der Waals surface area contributed by atoms with Gasteiger partial charge in [0.25, 0.3) is 0 Å². The Morgan fingerprint density at radius 2 is 1.19 bits per heavy atom. The van der Waals surface area contributed by atoms with Gasteiger partial charge in [0.05, 0.1) is 0 Å². The molecule has 0 aliphatic carbocycles. The second-order valence-corrected chi connectivity index (χ2v) is 9.45. The minimum atomic E-state index is 0.847. The van der Waals surface area contributed by atoms with Crippen molar-refractivity contribution in [3.63, 3.8) is 0 Å². The molecule has 0 amide bonds. The Bertz CT molecular complexity index is 675. The molecule has 2 rings (SSSR count). The van der Waals surface area contributed by atoms with Crippen LogP contribution >= 0.6 is 0 Å². The third-order valence-corrected chi connectivity index (χ3v) is 6.60. The van der Waals surface area contributed by atoms with E-state index in [2.05, 4.69) is 55.0 Å². The molecule has 1 aromatic carbocycles. The molecule has 0 saturated carbocycles. The van der Waals surface area contributed by atoms with Gasteiger partial charge in [-0.1, -0.05) is 116 Å². The van der Waals surface area contributed by atoms with Crippen LogP contribution in [0, 0.1) is 5.92 Å². The van der Waals surface area contributed by atoms with Gasteiger partial charge in [0, 0.05) is 18.0 Å². The predicted molar refractivity (Wildman–Crippen MR) is 135 cm³/mol. The molecule has 31 heavy (non-hydrogen) atoms. The lowest BCUT2D eigenvalue weighted by atomic mass is 10.00. The first kappa shape index (κ1) is 25.6. The normalized spacial score (nSPS) is 12.2. The summed E-state index contributed by atoms with van der Waals surface area (Å²) in [5.74, 6) is 1.73. The lowest BCUT2D eigenvalue weighted by Gasteiger charge is -2.07. The van der Waals surface area contributed by atoms with Gasteiger partial charge >= 0.3 is 0 Å². The standard InChI is InChI=1S/C29H46N2/c1-4-6-7-8-9-10-14-17-26-19-21-28(22-20-26)29-30-23-27(24-31-29)18-15-12-11-13-16-25(3)5-2/h19-25H,4-18H2,1-3H3. The van der Waals surface area contributed by atoms with Crippen LogP contribution in [0.1, 0.15) is 115 Å². The first-order valence-corrected chi connectivity index (χ1v) is 13.1. The second-order valence-electron chi connectivity index (χ2n) is 9.45. The molecule has 2 nitrogen and oxygen atoms in total. The van der Waals surface area contributed by atoms with E-state index in [0.29, 0.717) is 0 Å². The Morgan fingerprint density at radius 3 is 1.81 bits per heavy atom. The van der Waals surface area contributed by atoms with Crippen LogP contribution in [0.4, 0.5) is 0 Å². The molecule has 0 saturated heterocycles. The maximum absolute atomic E-state index is 4.63. The zero-order chi connectivity index (χ0) is 22.2. The summed E-state index contributed by atoms with van der Waals surface area (Å²) >= 11 is 0. The average Bonchev–Trinajstić information content (AvgIpc) is 2.81. The van der Waals surface area contributed by atoms with Crippen molar-refractivity contribution in [3.05, 3.63) is 47.8 Å². The highest BCUT2D eigenvalue weighted by atomic mass is 14.9. The van der Waals surface area contributed by atoms with Crippen LogP contribution in [-0.4, -0.2) is 9.97 Å². The van der Waals surface area contributed by atoms with Gasteiger partial charge < -0.3 is 0 Å². The number of hydrogen-bond donors (Lipinski definition) is 0. The van der Waals surface area contributed by atoms with Gasteiger partial charge in [0.2, 0.25) is 0 Å². The highest BCUT2D eigenvalue weighted by molar-refractivity contribution is 5.55. The largest absolute Gasteiger partial charge is 0.236 e. The summed E-state index contributed by atoms with van der Waals surface area (Å²) in [6, 6.07) is 8.87. The molecule has 1 aromatic heterocycles. The molecule has 1 heterocycles. The molecular weight excluding hydrogens is 376 g/mol. The molecule has 0 spiro atoms. The highest BCUT2D eigenvalue weighted by Crippen LogP contribution is 2.18. The second kappa shape index (κ2) is 16.0. The van der Waals surface area contributed by atoms with E-state index in [1.807, 2.05) is 12.4 Å². The fourth-order valence-electron chi connectivity index (χ4n) is 4.12. The fourth-order valence-corrected chi connectivity index (χ4v) is 4.12. The average molecular weight is 423 g/mol. The Hall–Kier alpha value is -1.70. The zero-order valence-electron chi connectivity index (χ0n) is 20.5. The van der Waals surface area contributed by atoms with Crippen LogP contribution in [0.3, 0.4) is 0 Å². The maximum atomic E-state index is 4.63. The summed E-state index contributed by atoms with van der Waals surface area (Å²) in [5, 5.41) is 0. The highest BCUT2D eigenvalue weighted by Gasteiger charge is 2.03. The molecule has 1 unspecified atom stereocenters. The molecule has 2 heteroatoms. The lowest BCUT2D eigenvalue weighted by molar-refractivity contribution is 0.474. The van der Waals surface area contributed by atoms with Gasteiger partial charge in [-0.05, 0) is 42.7 Å². The fraction of sp³-hybridized carbons (Fsp3) is 0.655. The Labute approximate surface area is 192 Å². The minimum absolute atomic E-state index is 0.847. The van der Waals surface area contributed by atoms with E-state index >= 15 is 0 Å². The lowest BCUT2D eigenvalue weighted by Crippen LogP contribution is -1.94. The van der Waals surface area contributed by atoms with Crippen molar-refractivity contribution >= 4 is 0 Å². The van der Waals surface area contributed by atoms with Crippen LogP contribution in [0.25, 0.3) is 11.4 Å². The summed E-state index contributed by atoms with van der Waals surface area (Å²) in [7, 11) is 0. The third-order valence-electron chi connectivity index (χ3n) is 6.60. The first-order chi connectivity index (χ1) is 15.2. The molecule has 2 aromatic rings. The van der Waals surface area contributed by atoms with E-state index in [0.717, 1.165) is 23.7 Å². The molecule has 0 aliphatic heterocycles. The SMILES string of the molecule is CCCCCCCCCc1ccc(-c2ncc(CCCCCCC(C)CC)cn2)cc1. The van der Waals surface area contributed by atoms with Crippen LogP contribution in [0.15, 0.2) is 36.7 Å². The molecule has 0 aliphatic rings. The van der Waals surface area contributed by atoms with E-state index in [9.17, 15) is 0 Å². The van der Waals surface area contributed by atoms with E-state index in [4.69, 9.17) is 0 Å². The van der Waals surface area contributed by atoms with Crippen LogP contribution in [0.2, 0.25) is 0 Å². The van der Waals surface area contributed by atoms with Crippen molar-refractivity contribution in [3.8, 4) is 11.4 Å². The van der Waals surface area contributed by atoms with Crippen LogP contribution in [0.5, 0.6) is 0 Å². The van der Waals surface area contributed by atoms with Gasteiger partial charge in [-0.3, -0.25) is 0 Å². The Morgan fingerprint density at radius 1 is 0.645 bits per heavy atom. The van der Waals surface area contributed by atoms with Gasteiger partial charge in [0.15, 0.2) is 5.82 Å². The number of nitrogens with zero attached hydrogens (tertiary/aromatic N) is 2. The van der Waals surface area contributed by atoms with Crippen molar-refractivity contribution in [1.29, 1.82) is 0 Å². The van der Waals surface area contributed by atoms with Crippen LogP contribution < -0.4 is 0 Å². The topological polar surface area (TPSA) is 25.8 Å². The number of benzene rings is 1. The molecule has 0 N–H and O–H groups in total. The molecule has 1 atom stereocenters.